The van der Waals surface area contributed by atoms with Gasteiger partial charge in [0.05, 0.1) is 30.5 Å². The summed E-state index contributed by atoms with van der Waals surface area (Å²) >= 11 is 6.91. The minimum Gasteiger partial charge on any atom is -0.493 e. The molecule has 1 fully saturated rings. The van der Waals surface area contributed by atoms with Gasteiger partial charge in [-0.1, -0.05) is 66.4 Å². The SMILES string of the molecule is COc1ccc(CCN2C(=O)C(=Cc3cn(-c4ccccc4)nc3-c3ccc(OCc4ccccc4F)cc3)SC2=S)cc1OC. The molecule has 1 amide bonds. The molecule has 232 valence electrons. The maximum atomic E-state index is 14.0. The van der Waals surface area contributed by atoms with Crippen molar-refractivity contribution in [1.82, 2.24) is 14.7 Å². The third-order valence-corrected chi connectivity index (χ3v) is 8.85. The Morgan fingerprint density at radius 3 is 2.39 bits per heavy atom. The predicted octanol–water partition coefficient (Wildman–Crippen LogP) is 7.72. The number of nitrogens with zero attached hydrogens (tertiary/aromatic N) is 3. The standard InChI is InChI=1S/C36H30FN3O4S2/c1-42-31-17-12-24(20-32(31)43-2)18-19-39-35(41)33(46-36(39)45)21-27-22-40(28-9-4-3-5-10-28)38-34(27)25-13-15-29(16-14-25)44-23-26-8-6-7-11-30(26)37/h3-17,20-22H,18-19,23H2,1-2H3. The lowest BCUT2D eigenvalue weighted by Crippen LogP contribution is -2.30. The van der Waals surface area contributed by atoms with E-state index in [1.807, 2.05) is 85.1 Å². The van der Waals surface area contributed by atoms with Gasteiger partial charge in [0, 0.05) is 29.4 Å². The molecule has 1 aliphatic rings. The predicted molar refractivity (Wildman–Crippen MR) is 183 cm³/mol. The van der Waals surface area contributed by atoms with Gasteiger partial charge in [0.2, 0.25) is 0 Å². The molecule has 6 rings (SSSR count). The van der Waals surface area contributed by atoms with E-state index >= 15 is 0 Å². The number of thiocarbonyl (C=S) groups is 1. The summed E-state index contributed by atoms with van der Waals surface area (Å²) in [5.74, 6) is 1.44. The first kappa shape index (κ1) is 31.1. The number of thioether (sulfide) groups is 1. The van der Waals surface area contributed by atoms with Crippen molar-refractivity contribution in [3.05, 3.63) is 131 Å². The molecule has 4 aromatic carbocycles. The molecule has 1 aliphatic heterocycles. The fourth-order valence-corrected chi connectivity index (χ4v) is 6.33. The summed E-state index contributed by atoms with van der Waals surface area (Å²) in [5.41, 5.74) is 4.67. The van der Waals surface area contributed by atoms with Crippen LogP contribution in [0.1, 0.15) is 16.7 Å². The van der Waals surface area contributed by atoms with Crippen molar-refractivity contribution in [3.8, 4) is 34.2 Å². The van der Waals surface area contributed by atoms with E-state index in [9.17, 15) is 9.18 Å². The van der Waals surface area contributed by atoms with Crippen LogP contribution in [0.3, 0.4) is 0 Å². The minimum atomic E-state index is -0.304. The highest BCUT2D eigenvalue weighted by molar-refractivity contribution is 8.26. The smallest absolute Gasteiger partial charge is 0.266 e. The Hall–Kier alpha value is -4.93. The van der Waals surface area contributed by atoms with Crippen LogP contribution in [-0.2, 0) is 17.8 Å². The summed E-state index contributed by atoms with van der Waals surface area (Å²) in [7, 11) is 3.19. The number of hydrogen-bond donors (Lipinski definition) is 0. The van der Waals surface area contributed by atoms with E-state index in [1.165, 1.54) is 17.8 Å². The van der Waals surface area contributed by atoms with Crippen molar-refractivity contribution in [2.45, 2.75) is 13.0 Å². The number of para-hydroxylation sites is 1. The van der Waals surface area contributed by atoms with Crippen LogP contribution >= 0.6 is 24.0 Å². The van der Waals surface area contributed by atoms with E-state index in [4.69, 9.17) is 31.5 Å². The molecule has 0 aliphatic carbocycles. The van der Waals surface area contributed by atoms with Gasteiger partial charge < -0.3 is 14.2 Å². The molecular formula is C36H30FN3O4S2. The van der Waals surface area contributed by atoms with Crippen molar-refractivity contribution in [2.24, 2.45) is 0 Å². The van der Waals surface area contributed by atoms with E-state index in [2.05, 4.69) is 0 Å². The zero-order valence-corrected chi connectivity index (χ0v) is 26.8. The minimum absolute atomic E-state index is 0.119. The summed E-state index contributed by atoms with van der Waals surface area (Å²) in [5, 5.41) is 4.89. The van der Waals surface area contributed by atoms with Gasteiger partial charge in [0.15, 0.2) is 11.5 Å². The van der Waals surface area contributed by atoms with Crippen molar-refractivity contribution in [3.63, 3.8) is 0 Å². The van der Waals surface area contributed by atoms with Gasteiger partial charge in [0.1, 0.15) is 22.5 Å². The van der Waals surface area contributed by atoms with Gasteiger partial charge in [-0.15, -0.1) is 0 Å². The third-order valence-electron chi connectivity index (χ3n) is 7.48. The maximum absolute atomic E-state index is 14.0. The largest absolute Gasteiger partial charge is 0.493 e. The van der Waals surface area contributed by atoms with Crippen LogP contribution in [0.2, 0.25) is 0 Å². The molecule has 0 unspecified atom stereocenters. The Morgan fingerprint density at radius 1 is 0.913 bits per heavy atom. The summed E-state index contributed by atoms with van der Waals surface area (Å²) in [6, 6.07) is 29.5. The number of ether oxygens (including phenoxy) is 3. The molecule has 7 nitrogen and oxygen atoms in total. The normalized spacial score (nSPS) is 13.8. The second-order valence-electron chi connectivity index (χ2n) is 10.4. The molecule has 1 aromatic heterocycles. The molecule has 10 heteroatoms. The average Bonchev–Trinajstić information content (AvgIpc) is 3.63. The molecule has 0 radical (unpaired) electrons. The van der Waals surface area contributed by atoms with E-state index in [-0.39, 0.29) is 18.3 Å². The molecule has 0 bridgehead atoms. The second kappa shape index (κ2) is 14.0. The number of rotatable bonds is 11. The van der Waals surface area contributed by atoms with E-state index in [0.717, 1.165) is 22.4 Å². The molecule has 5 aromatic rings. The first-order valence-electron chi connectivity index (χ1n) is 14.5. The Morgan fingerprint density at radius 2 is 1.65 bits per heavy atom. The van der Waals surface area contributed by atoms with E-state index in [1.54, 1.807) is 42.0 Å². The lowest BCUT2D eigenvalue weighted by atomic mass is 10.1. The lowest BCUT2D eigenvalue weighted by molar-refractivity contribution is -0.122. The molecule has 0 atom stereocenters. The molecule has 1 saturated heterocycles. The Kier molecular flexibility index (Phi) is 9.46. The van der Waals surface area contributed by atoms with Crippen LogP contribution in [0.25, 0.3) is 23.0 Å². The summed E-state index contributed by atoms with van der Waals surface area (Å²) in [6.45, 7) is 0.551. The van der Waals surface area contributed by atoms with Gasteiger partial charge in [0.25, 0.3) is 5.91 Å². The maximum Gasteiger partial charge on any atom is 0.266 e. The van der Waals surface area contributed by atoms with Crippen molar-refractivity contribution in [2.75, 3.05) is 20.8 Å². The number of amides is 1. The monoisotopic (exact) mass is 651 g/mol. The third kappa shape index (κ3) is 6.83. The highest BCUT2D eigenvalue weighted by Gasteiger charge is 2.32. The number of halogens is 1. The van der Waals surface area contributed by atoms with Crippen LogP contribution in [0.4, 0.5) is 4.39 Å². The lowest BCUT2D eigenvalue weighted by Gasteiger charge is -2.15. The van der Waals surface area contributed by atoms with Crippen LogP contribution in [0.5, 0.6) is 17.2 Å². The van der Waals surface area contributed by atoms with Crippen molar-refractivity contribution < 1.29 is 23.4 Å². The summed E-state index contributed by atoms with van der Waals surface area (Å²) in [6.07, 6.45) is 4.35. The molecule has 2 heterocycles. The second-order valence-corrected chi connectivity index (χ2v) is 12.1. The highest BCUT2D eigenvalue weighted by atomic mass is 32.2. The topological polar surface area (TPSA) is 65.8 Å². The van der Waals surface area contributed by atoms with E-state index < -0.39 is 0 Å². The first-order chi connectivity index (χ1) is 22.4. The average molecular weight is 652 g/mol. The molecule has 0 saturated carbocycles. The van der Waals surface area contributed by atoms with Crippen molar-refractivity contribution in [1.29, 1.82) is 0 Å². The van der Waals surface area contributed by atoms with Crippen LogP contribution in [0.15, 0.2) is 108 Å². The molecule has 46 heavy (non-hydrogen) atoms. The number of carbonyl (C=O) groups excluding carboxylic acids is 1. The van der Waals surface area contributed by atoms with Crippen LogP contribution in [0, 0.1) is 5.82 Å². The zero-order valence-electron chi connectivity index (χ0n) is 25.2. The number of methoxy groups -OCH3 is 2. The van der Waals surface area contributed by atoms with Gasteiger partial charge in [-0.2, -0.15) is 5.10 Å². The van der Waals surface area contributed by atoms with Crippen LogP contribution < -0.4 is 14.2 Å². The van der Waals surface area contributed by atoms with Gasteiger partial charge >= 0.3 is 0 Å². The molecule has 0 spiro atoms. The van der Waals surface area contributed by atoms with Crippen LogP contribution in [-0.4, -0.2) is 45.7 Å². The fourth-order valence-electron chi connectivity index (χ4n) is 5.03. The Bertz CT molecular complexity index is 1910. The Balaban J connectivity index is 1.24. The zero-order chi connectivity index (χ0) is 32.0. The quantitative estimate of drug-likeness (QED) is 0.107. The van der Waals surface area contributed by atoms with E-state index in [0.29, 0.717) is 50.7 Å². The number of benzene rings is 4. The van der Waals surface area contributed by atoms with Gasteiger partial charge in [-0.05, 0) is 72.7 Å². The number of aromatic nitrogens is 2. The summed E-state index contributed by atoms with van der Waals surface area (Å²) in [4.78, 5) is 15.7. The first-order valence-corrected chi connectivity index (χ1v) is 15.7. The summed E-state index contributed by atoms with van der Waals surface area (Å²) < 4.78 is 32.9. The van der Waals surface area contributed by atoms with Gasteiger partial charge in [-0.25, -0.2) is 9.07 Å². The molecular weight excluding hydrogens is 622 g/mol. The van der Waals surface area contributed by atoms with Crippen molar-refractivity contribution >= 4 is 40.3 Å². The fraction of sp³-hybridized carbons (Fsp3) is 0.139. The Labute approximate surface area is 276 Å². The van der Waals surface area contributed by atoms with Gasteiger partial charge in [-0.3, -0.25) is 9.69 Å². The molecule has 0 N–H and O–H groups in total. The highest BCUT2D eigenvalue weighted by Crippen LogP contribution is 2.36. The number of hydrogen-bond acceptors (Lipinski definition) is 7. The number of carbonyl (C=O) groups is 1.